The van der Waals surface area contributed by atoms with Crippen molar-refractivity contribution in [3.8, 4) is 0 Å². The van der Waals surface area contributed by atoms with E-state index in [0.717, 1.165) is 38.4 Å². The molecule has 1 unspecified atom stereocenters. The molecule has 2 heterocycles. The third kappa shape index (κ3) is 4.90. The normalized spacial score (nSPS) is 20.7. The number of carbonyl (C=O) groups is 3. The summed E-state index contributed by atoms with van der Waals surface area (Å²) in [5.41, 5.74) is 0.844. The van der Waals surface area contributed by atoms with Gasteiger partial charge in [-0.25, -0.2) is 0 Å². The fraction of sp³-hybridized carbons (Fsp3) is 0.571. The number of nitrogens with one attached hydrogen (secondary N) is 1. The van der Waals surface area contributed by atoms with E-state index in [1.807, 2.05) is 49.1 Å². The number of nitrogens with zero attached hydrogens (tertiary/aromatic N) is 3. The van der Waals surface area contributed by atoms with Crippen molar-refractivity contribution in [1.29, 1.82) is 0 Å². The van der Waals surface area contributed by atoms with E-state index in [4.69, 9.17) is 0 Å². The zero-order valence-electron chi connectivity index (χ0n) is 16.8. The van der Waals surface area contributed by atoms with Gasteiger partial charge in [0, 0.05) is 63.8 Å². The Kier molecular flexibility index (Phi) is 6.67. The van der Waals surface area contributed by atoms with E-state index in [-0.39, 0.29) is 36.0 Å². The number of para-hydroxylation sites is 1. The highest BCUT2D eigenvalue weighted by Gasteiger charge is 2.35. The summed E-state index contributed by atoms with van der Waals surface area (Å²) in [5, 5.41) is 2.98. The summed E-state index contributed by atoms with van der Waals surface area (Å²) in [6.45, 7) is 8.77. The molecular formula is C21H30N4O3. The van der Waals surface area contributed by atoms with E-state index in [1.54, 1.807) is 4.90 Å². The number of anilines is 1. The maximum atomic E-state index is 12.5. The maximum Gasteiger partial charge on any atom is 0.227 e. The van der Waals surface area contributed by atoms with Gasteiger partial charge < -0.3 is 15.1 Å². The molecule has 0 saturated carbocycles. The van der Waals surface area contributed by atoms with Crippen molar-refractivity contribution < 1.29 is 14.4 Å². The molecule has 1 N–H and O–H groups in total. The van der Waals surface area contributed by atoms with Gasteiger partial charge in [-0.2, -0.15) is 0 Å². The topological polar surface area (TPSA) is 73.0 Å². The number of hydrogen-bond acceptors (Lipinski definition) is 4. The van der Waals surface area contributed by atoms with E-state index >= 15 is 0 Å². The number of piperazine rings is 1. The van der Waals surface area contributed by atoms with Gasteiger partial charge in [-0.05, 0) is 12.1 Å². The molecule has 2 fully saturated rings. The van der Waals surface area contributed by atoms with Gasteiger partial charge in [0.05, 0.1) is 5.92 Å². The first-order valence-electron chi connectivity index (χ1n) is 10.1. The number of rotatable bonds is 6. The minimum absolute atomic E-state index is 0.00251. The van der Waals surface area contributed by atoms with E-state index < -0.39 is 0 Å². The molecule has 152 valence electrons. The fourth-order valence-corrected chi connectivity index (χ4v) is 3.78. The summed E-state index contributed by atoms with van der Waals surface area (Å²) in [4.78, 5) is 42.6. The highest BCUT2D eigenvalue weighted by molar-refractivity contribution is 6.00. The van der Waals surface area contributed by atoms with E-state index in [0.29, 0.717) is 13.1 Å². The van der Waals surface area contributed by atoms with Crippen LogP contribution in [0.5, 0.6) is 0 Å². The van der Waals surface area contributed by atoms with Crippen LogP contribution in [0.1, 0.15) is 20.3 Å². The standard InChI is InChI=1S/C21H30N4O3/c1-16(2)21(28)24-12-10-23(11-13-24)9-8-22-20(27)17-14-19(26)25(15-17)18-6-4-3-5-7-18/h3-7,16-17H,8-15H2,1-2H3,(H,22,27). The predicted octanol–water partition coefficient (Wildman–Crippen LogP) is 0.956. The molecule has 1 aromatic rings. The molecule has 0 aromatic heterocycles. The summed E-state index contributed by atoms with van der Waals surface area (Å²) < 4.78 is 0. The molecule has 2 saturated heterocycles. The smallest absolute Gasteiger partial charge is 0.227 e. The third-order valence-electron chi connectivity index (χ3n) is 5.47. The molecule has 3 rings (SSSR count). The van der Waals surface area contributed by atoms with Crippen LogP contribution in [-0.4, -0.2) is 73.3 Å². The Morgan fingerprint density at radius 1 is 1.11 bits per heavy atom. The van der Waals surface area contributed by atoms with Crippen molar-refractivity contribution in [2.24, 2.45) is 11.8 Å². The molecule has 7 heteroatoms. The largest absolute Gasteiger partial charge is 0.355 e. The van der Waals surface area contributed by atoms with Crippen LogP contribution in [0.2, 0.25) is 0 Å². The van der Waals surface area contributed by atoms with Gasteiger partial charge >= 0.3 is 0 Å². The first-order chi connectivity index (χ1) is 13.5. The Morgan fingerprint density at radius 2 is 1.79 bits per heavy atom. The molecule has 0 bridgehead atoms. The zero-order valence-corrected chi connectivity index (χ0v) is 16.8. The van der Waals surface area contributed by atoms with Crippen LogP contribution in [0, 0.1) is 11.8 Å². The van der Waals surface area contributed by atoms with E-state index in [2.05, 4.69) is 10.2 Å². The predicted molar refractivity (Wildman–Crippen MR) is 108 cm³/mol. The second-order valence-electron chi connectivity index (χ2n) is 7.85. The molecular weight excluding hydrogens is 356 g/mol. The van der Waals surface area contributed by atoms with Gasteiger partial charge in [0.1, 0.15) is 0 Å². The lowest BCUT2D eigenvalue weighted by Gasteiger charge is -2.35. The summed E-state index contributed by atoms with van der Waals surface area (Å²) >= 11 is 0. The average Bonchev–Trinajstić information content (AvgIpc) is 3.10. The average molecular weight is 386 g/mol. The van der Waals surface area contributed by atoms with Crippen LogP contribution >= 0.6 is 0 Å². The Morgan fingerprint density at radius 3 is 2.43 bits per heavy atom. The second kappa shape index (κ2) is 9.19. The lowest BCUT2D eigenvalue weighted by Crippen LogP contribution is -2.51. The van der Waals surface area contributed by atoms with Crippen LogP contribution in [-0.2, 0) is 14.4 Å². The van der Waals surface area contributed by atoms with Crippen molar-refractivity contribution >= 4 is 23.4 Å². The molecule has 7 nitrogen and oxygen atoms in total. The molecule has 28 heavy (non-hydrogen) atoms. The molecule has 1 aromatic carbocycles. The van der Waals surface area contributed by atoms with Gasteiger partial charge in [0.25, 0.3) is 0 Å². The van der Waals surface area contributed by atoms with E-state index in [1.165, 1.54) is 0 Å². The summed E-state index contributed by atoms with van der Waals surface area (Å²) in [7, 11) is 0. The van der Waals surface area contributed by atoms with Crippen molar-refractivity contribution in [2.75, 3.05) is 50.7 Å². The molecule has 2 aliphatic heterocycles. The second-order valence-corrected chi connectivity index (χ2v) is 7.85. The minimum Gasteiger partial charge on any atom is -0.355 e. The van der Waals surface area contributed by atoms with Gasteiger partial charge in [-0.15, -0.1) is 0 Å². The van der Waals surface area contributed by atoms with Crippen LogP contribution in [0.25, 0.3) is 0 Å². The monoisotopic (exact) mass is 386 g/mol. The van der Waals surface area contributed by atoms with Crippen LogP contribution < -0.4 is 10.2 Å². The fourth-order valence-electron chi connectivity index (χ4n) is 3.78. The van der Waals surface area contributed by atoms with Crippen molar-refractivity contribution in [3.63, 3.8) is 0 Å². The van der Waals surface area contributed by atoms with E-state index in [9.17, 15) is 14.4 Å². The van der Waals surface area contributed by atoms with Crippen molar-refractivity contribution in [3.05, 3.63) is 30.3 Å². The number of hydrogen-bond donors (Lipinski definition) is 1. The highest BCUT2D eigenvalue weighted by Crippen LogP contribution is 2.24. The number of carbonyl (C=O) groups excluding carboxylic acids is 3. The summed E-state index contributed by atoms with van der Waals surface area (Å²) in [5.74, 6) is -0.108. The van der Waals surface area contributed by atoms with Gasteiger partial charge in [-0.3, -0.25) is 19.3 Å². The number of amides is 3. The Labute approximate surface area is 166 Å². The van der Waals surface area contributed by atoms with Crippen LogP contribution in [0.15, 0.2) is 30.3 Å². The maximum absolute atomic E-state index is 12.5. The van der Waals surface area contributed by atoms with Crippen LogP contribution in [0.4, 0.5) is 5.69 Å². The van der Waals surface area contributed by atoms with Gasteiger partial charge in [-0.1, -0.05) is 32.0 Å². The Bertz CT molecular complexity index is 699. The lowest BCUT2D eigenvalue weighted by atomic mass is 10.1. The highest BCUT2D eigenvalue weighted by atomic mass is 16.2. The van der Waals surface area contributed by atoms with Crippen LogP contribution in [0.3, 0.4) is 0 Å². The quantitative estimate of drug-likeness (QED) is 0.790. The number of benzene rings is 1. The van der Waals surface area contributed by atoms with Gasteiger partial charge in [0.2, 0.25) is 17.7 Å². The van der Waals surface area contributed by atoms with Crippen molar-refractivity contribution in [1.82, 2.24) is 15.1 Å². The first kappa shape index (κ1) is 20.3. The molecule has 1 atom stereocenters. The zero-order chi connectivity index (χ0) is 20.1. The van der Waals surface area contributed by atoms with Crippen molar-refractivity contribution in [2.45, 2.75) is 20.3 Å². The minimum atomic E-state index is -0.298. The summed E-state index contributed by atoms with van der Waals surface area (Å²) in [6.07, 6.45) is 0.261. The van der Waals surface area contributed by atoms with Gasteiger partial charge in [0.15, 0.2) is 0 Å². The molecule has 0 spiro atoms. The Balaban J connectivity index is 1.39. The molecule has 0 aliphatic carbocycles. The first-order valence-corrected chi connectivity index (χ1v) is 10.1. The summed E-state index contributed by atoms with van der Waals surface area (Å²) in [6, 6.07) is 9.48. The molecule has 3 amide bonds. The SMILES string of the molecule is CC(C)C(=O)N1CCN(CCNC(=O)C2CC(=O)N(c3ccccc3)C2)CC1. The lowest BCUT2D eigenvalue weighted by molar-refractivity contribution is -0.136. The molecule has 0 radical (unpaired) electrons. The molecule has 2 aliphatic rings. The Hall–Kier alpha value is -2.41. The third-order valence-corrected chi connectivity index (χ3v) is 5.47.